The first-order valence-electron chi connectivity index (χ1n) is 8.58. The zero-order valence-corrected chi connectivity index (χ0v) is 14.7. The molecule has 3 rings (SSSR count). The van der Waals surface area contributed by atoms with Crippen molar-refractivity contribution in [1.29, 1.82) is 0 Å². The summed E-state index contributed by atoms with van der Waals surface area (Å²) in [6, 6.07) is 28.4. The van der Waals surface area contributed by atoms with Gasteiger partial charge in [0.05, 0.1) is 11.6 Å². The largest absolute Gasteiger partial charge is 0.791 e. The molecule has 3 aromatic rings. The lowest BCUT2D eigenvalue weighted by molar-refractivity contribution is -0.213. The molecule has 1 N–H and O–H groups in total. The molecule has 3 aromatic carbocycles. The van der Waals surface area contributed by atoms with E-state index in [0.29, 0.717) is 12.3 Å². The molecule has 0 heterocycles. The summed E-state index contributed by atoms with van der Waals surface area (Å²) in [5.41, 5.74) is 5.10. The molecular weight excluding hydrogens is 338 g/mol. The van der Waals surface area contributed by atoms with E-state index in [1.165, 1.54) is 0 Å². The molecule has 0 unspecified atom stereocenters. The second-order valence-electron chi connectivity index (χ2n) is 5.75. The lowest BCUT2D eigenvalue weighted by Gasteiger charge is -2.16. The molecule has 0 aliphatic heterocycles. The highest BCUT2D eigenvalue weighted by Crippen LogP contribution is 2.23. The molecule has 0 fully saturated rings. The molecule has 134 valence electrons. The van der Waals surface area contributed by atoms with Crippen molar-refractivity contribution in [2.75, 3.05) is 6.54 Å². The van der Waals surface area contributed by atoms with Crippen molar-refractivity contribution in [3.63, 3.8) is 0 Å². The van der Waals surface area contributed by atoms with Crippen LogP contribution in [0.15, 0.2) is 96.1 Å². The number of ether oxygens (including phenoxy) is 1. The number of rotatable bonds is 6. The van der Waals surface area contributed by atoms with Gasteiger partial charge in [0.2, 0.25) is 0 Å². The highest BCUT2D eigenvalue weighted by molar-refractivity contribution is 5.79. The van der Waals surface area contributed by atoms with E-state index >= 15 is 0 Å². The van der Waals surface area contributed by atoms with E-state index in [1.54, 1.807) is 12.1 Å². The summed E-state index contributed by atoms with van der Waals surface area (Å²) >= 11 is 0. The third-order valence-corrected chi connectivity index (χ3v) is 3.92. The zero-order valence-electron chi connectivity index (χ0n) is 14.7. The standard InChI is InChI=1S/C22H19N3O2/c26-22(23-17-27-20-14-8-3-9-15-20)25-24-16-21(18-10-4-1-5-11-18)19-12-6-2-7-13-19/h1-15,21,24H,16H2. The van der Waals surface area contributed by atoms with Gasteiger partial charge in [-0.25, -0.2) is 5.43 Å². The Bertz CT molecular complexity index is 878. The van der Waals surface area contributed by atoms with Crippen LogP contribution in [0.25, 0.3) is 4.85 Å². The molecule has 0 saturated heterocycles. The summed E-state index contributed by atoms with van der Waals surface area (Å²) in [5, 5.41) is 15.5. The predicted octanol–water partition coefficient (Wildman–Crippen LogP) is 3.41. The quantitative estimate of drug-likeness (QED) is 0.318. The van der Waals surface area contributed by atoms with Crippen LogP contribution in [0.2, 0.25) is 0 Å². The molecule has 5 heteroatoms. The number of para-hydroxylation sites is 1. The van der Waals surface area contributed by atoms with Gasteiger partial charge in [-0.2, -0.15) is 0 Å². The number of amidine groups is 1. The molecule has 0 saturated carbocycles. The van der Waals surface area contributed by atoms with Gasteiger partial charge in [-0.3, -0.25) is 0 Å². The van der Waals surface area contributed by atoms with E-state index in [0.717, 1.165) is 11.1 Å². The molecule has 0 amide bonds. The Kier molecular flexibility index (Phi) is 6.43. The highest BCUT2D eigenvalue weighted by Gasteiger charge is 2.14. The van der Waals surface area contributed by atoms with Crippen LogP contribution in [-0.4, -0.2) is 12.6 Å². The fourth-order valence-electron chi connectivity index (χ4n) is 2.63. The van der Waals surface area contributed by atoms with Crippen LogP contribution in [0.5, 0.6) is 5.75 Å². The van der Waals surface area contributed by atoms with Crippen LogP contribution >= 0.6 is 0 Å². The van der Waals surface area contributed by atoms with Gasteiger partial charge in [-0.1, -0.05) is 78.9 Å². The van der Waals surface area contributed by atoms with E-state index in [-0.39, 0.29) is 5.92 Å². The van der Waals surface area contributed by atoms with Crippen LogP contribution in [0.1, 0.15) is 17.0 Å². The molecule has 5 nitrogen and oxygen atoms in total. The first-order chi connectivity index (χ1) is 13.3. The number of hydrazone groups is 1. The third-order valence-electron chi connectivity index (χ3n) is 3.92. The fraction of sp³-hybridized carbons (Fsp3) is 0.0909. The van der Waals surface area contributed by atoms with Crippen LogP contribution in [0.4, 0.5) is 0 Å². The number of nitrogens with zero attached hydrogens (tertiary/aromatic N) is 2. The second-order valence-corrected chi connectivity index (χ2v) is 5.75. The van der Waals surface area contributed by atoms with Gasteiger partial charge in [0, 0.05) is 5.92 Å². The Labute approximate surface area is 158 Å². The third kappa shape index (κ3) is 5.62. The lowest BCUT2D eigenvalue weighted by atomic mass is 9.91. The molecule has 0 aliphatic carbocycles. The Hall–Kier alpha value is -3.78. The maximum absolute atomic E-state index is 11.7. The smallest absolute Gasteiger partial charge is 0.410 e. The van der Waals surface area contributed by atoms with Crippen molar-refractivity contribution in [1.82, 2.24) is 5.43 Å². The lowest BCUT2D eigenvalue weighted by Crippen LogP contribution is -2.23. The summed E-state index contributed by atoms with van der Waals surface area (Å²) in [4.78, 5) is 3.52. The SMILES string of the molecule is [O-]C(=NNCC(c1ccccc1)c1ccccc1)[N+]#COc1ccccc1. The average Bonchev–Trinajstić information content (AvgIpc) is 2.73. The summed E-state index contributed by atoms with van der Waals surface area (Å²) < 4.78 is 5.12. The molecule has 0 spiro atoms. The topological polar surface area (TPSA) is 61.0 Å². The molecule has 0 atom stereocenters. The Morgan fingerprint density at radius 1 is 0.889 bits per heavy atom. The summed E-state index contributed by atoms with van der Waals surface area (Å²) in [5.74, 6) is 0.618. The minimum absolute atomic E-state index is 0.0671. The van der Waals surface area contributed by atoms with Crippen molar-refractivity contribution < 1.29 is 9.84 Å². The predicted molar refractivity (Wildman–Crippen MR) is 104 cm³/mol. The number of hydrogen-bond donors (Lipinski definition) is 1. The normalized spacial score (nSPS) is 10.8. The van der Waals surface area contributed by atoms with Gasteiger partial charge >= 0.3 is 12.3 Å². The Morgan fingerprint density at radius 3 is 1.96 bits per heavy atom. The van der Waals surface area contributed by atoms with E-state index < -0.39 is 6.02 Å². The van der Waals surface area contributed by atoms with Crippen molar-refractivity contribution in [3.8, 4) is 12.0 Å². The maximum atomic E-state index is 11.7. The zero-order chi connectivity index (χ0) is 18.7. The van der Waals surface area contributed by atoms with E-state index in [4.69, 9.17) is 4.74 Å². The van der Waals surface area contributed by atoms with Crippen molar-refractivity contribution in [2.45, 2.75) is 5.92 Å². The fourth-order valence-corrected chi connectivity index (χ4v) is 2.63. The molecular formula is C22H19N3O2. The number of benzene rings is 3. The van der Waals surface area contributed by atoms with Gasteiger partial charge in [0.1, 0.15) is 5.75 Å². The van der Waals surface area contributed by atoms with E-state index in [9.17, 15) is 5.11 Å². The second kappa shape index (κ2) is 9.64. The van der Waals surface area contributed by atoms with Crippen molar-refractivity contribution in [2.24, 2.45) is 5.10 Å². The number of hydrogen-bond acceptors (Lipinski definition) is 4. The van der Waals surface area contributed by atoms with Crippen molar-refractivity contribution in [3.05, 3.63) is 107 Å². The molecule has 0 aromatic heterocycles. The van der Waals surface area contributed by atoms with Crippen LogP contribution in [0.3, 0.4) is 0 Å². The number of nitrogens with one attached hydrogen (secondary N) is 1. The summed E-state index contributed by atoms with van der Waals surface area (Å²) in [7, 11) is 0. The van der Waals surface area contributed by atoms with Crippen molar-refractivity contribution >= 4 is 6.02 Å². The summed E-state index contributed by atoms with van der Waals surface area (Å²) in [6.45, 7) is 0.467. The Morgan fingerprint density at radius 2 is 1.41 bits per heavy atom. The van der Waals surface area contributed by atoms with Crippen LogP contribution < -0.4 is 15.3 Å². The monoisotopic (exact) mass is 357 g/mol. The van der Waals surface area contributed by atoms with Gasteiger partial charge < -0.3 is 9.84 Å². The van der Waals surface area contributed by atoms with Gasteiger partial charge in [0.25, 0.3) is 0 Å². The highest BCUT2D eigenvalue weighted by atomic mass is 16.5. The molecule has 0 aliphatic rings. The first-order valence-corrected chi connectivity index (χ1v) is 8.58. The first kappa shape index (κ1) is 18.0. The van der Waals surface area contributed by atoms with Gasteiger partial charge in [-0.05, 0) is 23.3 Å². The minimum atomic E-state index is -0.703. The Balaban J connectivity index is 1.63. The van der Waals surface area contributed by atoms with Gasteiger partial charge in [0.15, 0.2) is 0 Å². The average molecular weight is 357 g/mol. The molecule has 27 heavy (non-hydrogen) atoms. The molecule has 0 radical (unpaired) electrons. The van der Waals surface area contributed by atoms with Crippen LogP contribution in [0, 0.1) is 6.26 Å². The van der Waals surface area contributed by atoms with E-state index in [1.807, 2.05) is 54.6 Å². The maximum Gasteiger partial charge on any atom is 0.410 e. The minimum Gasteiger partial charge on any atom is -0.791 e. The van der Waals surface area contributed by atoms with Crippen LogP contribution in [-0.2, 0) is 0 Å². The summed E-state index contributed by atoms with van der Waals surface area (Å²) in [6.07, 6.45) is 2.24. The van der Waals surface area contributed by atoms with E-state index in [2.05, 4.69) is 45.9 Å². The van der Waals surface area contributed by atoms with Gasteiger partial charge in [-0.15, -0.1) is 4.85 Å². The molecule has 0 bridgehead atoms.